The van der Waals surface area contributed by atoms with Crippen molar-refractivity contribution in [2.45, 2.75) is 32.4 Å². The van der Waals surface area contributed by atoms with E-state index in [2.05, 4.69) is 19.9 Å². The number of hydrogen-bond acceptors (Lipinski definition) is 8. The first-order valence-corrected chi connectivity index (χ1v) is 11.0. The van der Waals surface area contributed by atoms with E-state index in [0.717, 1.165) is 38.2 Å². The number of anilines is 1. The number of rotatable bonds is 7. The Bertz CT molecular complexity index is 1080. The Balaban J connectivity index is 1.31. The summed E-state index contributed by atoms with van der Waals surface area (Å²) in [7, 11) is 1.26. The minimum Gasteiger partial charge on any atom is -0.492 e. The summed E-state index contributed by atoms with van der Waals surface area (Å²) in [6.07, 6.45) is 1.17. The van der Waals surface area contributed by atoms with Gasteiger partial charge in [0.25, 0.3) is 6.01 Å². The van der Waals surface area contributed by atoms with Crippen molar-refractivity contribution >= 4 is 34.9 Å². The SMILES string of the molecule is CCOc1cc(CN2CCC(Nc3nc4ccc(OC(=O)OC)cc4o3)CC2)ccc1Cl. The van der Waals surface area contributed by atoms with Crippen LogP contribution in [0.3, 0.4) is 0 Å². The van der Waals surface area contributed by atoms with E-state index in [1.165, 1.54) is 12.7 Å². The molecule has 8 nitrogen and oxygen atoms in total. The van der Waals surface area contributed by atoms with Gasteiger partial charge in [0.2, 0.25) is 0 Å². The van der Waals surface area contributed by atoms with Crippen LogP contribution in [0.25, 0.3) is 11.1 Å². The highest BCUT2D eigenvalue weighted by atomic mass is 35.5. The molecule has 0 atom stereocenters. The van der Waals surface area contributed by atoms with E-state index in [9.17, 15) is 4.79 Å². The molecule has 1 fully saturated rings. The summed E-state index contributed by atoms with van der Waals surface area (Å²) in [4.78, 5) is 18.2. The molecular weight excluding hydrogens is 434 g/mol. The summed E-state index contributed by atoms with van der Waals surface area (Å²) in [5.74, 6) is 1.08. The van der Waals surface area contributed by atoms with Crippen LogP contribution in [-0.2, 0) is 11.3 Å². The zero-order valence-electron chi connectivity index (χ0n) is 18.1. The molecule has 0 aliphatic carbocycles. The minimum absolute atomic E-state index is 0.273. The normalized spacial score (nSPS) is 15.0. The molecule has 170 valence electrons. The molecule has 0 saturated carbocycles. The Labute approximate surface area is 191 Å². The van der Waals surface area contributed by atoms with Crippen LogP contribution in [0.5, 0.6) is 11.5 Å². The van der Waals surface area contributed by atoms with Gasteiger partial charge in [0.15, 0.2) is 5.58 Å². The van der Waals surface area contributed by atoms with E-state index in [-0.39, 0.29) is 6.04 Å². The molecule has 9 heteroatoms. The van der Waals surface area contributed by atoms with Crippen LogP contribution >= 0.6 is 11.6 Å². The Morgan fingerprint density at radius 1 is 1.25 bits per heavy atom. The third kappa shape index (κ3) is 5.44. The van der Waals surface area contributed by atoms with Gasteiger partial charge in [0.05, 0.1) is 18.7 Å². The monoisotopic (exact) mass is 459 g/mol. The van der Waals surface area contributed by atoms with Crippen molar-refractivity contribution in [1.82, 2.24) is 9.88 Å². The Morgan fingerprint density at radius 2 is 2.06 bits per heavy atom. The van der Waals surface area contributed by atoms with Crippen molar-refractivity contribution < 1.29 is 23.4 Å². The number of methoxy groups -OCH3 is 1. The van der Waals surface area contributed by atoms with Crippen molar-refractivity contribution in [1.29, 1.82) is 0 Å². The molecule has 2 aromatic carbocycles. The first kappa shape index (κ1) is 22.2. The molecule has 4 rings (SSSR count). The molecule has 0 spiro atoms. The van der Waals surface area contributed by atoms with E-state index in [4.69, 9.17) is 25.5 Å². The maximum absolute atomic E-state index is 11.3. The third-order valence-corrected chi connectivity index (χ3v) is 5.66. The van der Waals surface area contributed by atoms with E-state index >= 15 is 0 Å². The van der Waals surface area contributed by atoms with Gasteiger partial charge in [0, 0.05) is 31.7 Å². The number of hydrogen-bond donors (Lipinski definition) is 1. The molecule has 2 heterocycles. The summed E-state index contributed by atoms with van der Waals surface area (Å²) in [6, 6.07) is 11.7. The number of benzene rings is 2. The number of piperidine rings is 1. The molecule has 1 aromatic heterocycles. The number of halogens is 1. The number of carbonyl (C=O) groups excluding carboxylic acids is 1. The average molecular weight is 460 g/mol. The zero-order chi connectivity index (χ0) is 22.5. The first-order chi connectivity index (χ1) is 15.5. The number of fused-ring (bicyclic) bond motifs is 1. The van der Waals surface area contributed by atoms with Crippen LogP contribution < -0.4 is 14.8 Å². The van der Waals surface area contributed by atoms with Crippen molar-refractivity contribution in [3.05, 3.63) is 47.0 Å². The lowest BCUT2D eigenvalue weighted by Gasteiger charge is -2.32. The predicted octanol–water partition coefficient (Wildman–Crippen LogP) is 5.10. The van der Waals surface area contributed by atoms with Gasteiger partial charge in [-0.3, -0.25) is 4.90 Å². The quantitative estimate of drug-likeness (QED) is 0.385. The van der Waals surface area contributed by atoms with E-state index in [1.807, 2.05) is 25.1 Å². The Morgan fingerprint density at radius 3 is 2.81 bits per heavy atom. The van der Waals surface area contributed by atoms with Crippen molar-refractivity contribution in [2.75, 3.05) is 32.1 Å². The second-order valence-corrected chi connectivity index (χ2v) is 8.00. The smallest absolute Gasteiger partial charge is 0.492 e. The number of nitrogens with one attached hydrogen (secondary N) is 1. The highest BCUT2D eigenvalue weighted by Crippen LogP contribution is 2.28. The number of oxazole rings is 1. The van der Waals surface area contributed by atoms with Gasteiger partial charge >= 0.3 is 6.16 Å². The molecule has 1 N–H and O–H groups in total. The highest BCUT2D eigenvalue weighted by Gasteiger charge is 2.21. The maximum Gasteiger partial charge on any atom is 0.513 e. The van der Waals surface area contributed by atoms with Crippen LogP contribution in [0.4, 0.5) is 10.8 Å². The second kappa shape index (κ2) is 10.1. The van der Waals surface area contributed by atoms with Gasteiger partial charge in [0.1, 0.15) is 17.0 Å². The average Bonchev–Trinajstić information content (AvgIpc) is 3.19. The molecule has 32 heavy (non-hydrogen) atoms. The van der Waals surface area contributed by atoms with Crippen molar-refractivity contribution in [2.24, 2.45) is 0 Å². The molecule has 0 unspecified atom stereocenters. The van der Waals surface area contributed by atoms with Gasteiger partial charge in [-0.2, -0.15) is 4.98 Å². The van der Waals surface area contributed by atoms with Crippen LogP contribution in [0.15, 0.2) is 40.8 Å². The van der Waals surface area contributed by atoms with Gasteiger partial charge in [-0.15, -0.1) is 0 Å². The number of carbonyl (C=O) groups is 1. The van der Waals surface area contributed by atoms with Gasteiger partial charge < -0.3 is 23.9 Å². The van der Waals surface area contributed by atoms with Crippen LogP contribution in [0.1, 0.15) is 25.3 Å². The largest absolute Gasteiger partial charge is 0.513 e. The predicted molar refractivity (Wildman–Crippen MR) is 122 cm³/mol. The fourth-order valence-electron chi connectivity index (χ4n) is 3.75. The molecule has 1 aliphatic rings. The zero-order valence-corrected chi connectivity index (χ0v) is 18.9. The standard InChI is InChI=1S/C23H26ClN3O5/c1-3-30-20-12-15(4-6-18(20)24)14-27-10-8-16(9-11-27)25-22-26-19-7-5-17(13-21(19)32-22)31-23(28)29-2/h4-7,12-13,16H,3,8-11,14H2,1-2H3,(H,25,26). The van der Waals surface area contributed by atoms with Crippen molar-refractivity contribution in [3.8, 4) is 11.5 Å². The topological polar surface area (TPSA) is 86.1 Å². The lowest BCUT2D eigenvalue weighted by Crippen LogP contribution is -2.38. The van der Waals surface area contributed by atoms with Crippen molar-refractivity contribution in [3.63, 3.8) is 0 Å². The summed E-state index contributed by atoms with van der Waals surface area (Å²) in [5, 5.41) is 4.02. The van der Waals surface area contributed by atoms with Gasteiger partial charge in [-0.1, -0.05) is 17.7 Å². The Kier molecular flexibility index (Phi) is 7.02. The number of nitrogens with zero attached hydrogens (tertiary/aromatic N) is 2. The van der Waals surface area contributed by atoms with Gasteiger partial charge in [-0.05, 0) is 49.6 Å². The van der Waals surface area contributed by atoms with Gasteiger partial charge in [-0.25, -0.2) is 4.79 Å². The number of aromatic nitrogens is 1. The fourth-order valence-corrected chi connectivity index (χ4v) is 3.92. The van der Waals surface area contributed by atoms with E-state index in [1.54, 1.807) is 18.2 Å². The lowest BCUT2D eigenvalue weighted by molar-refractivity contribution is 0.121. The number of ether oxygens (including phenoxy) is 3. The number of likely N-dealkylation sites (tertiary alicyclic amines) is 1. The Hall–Kier alpha value is -2.97. The summed E-state index contributed by atoms with van der Waals surface area (Å²) in [5.41, 5.74) is 2.42. The molecule has 1 saturated heterocycles. The minimum atomic E-state index is -0.776. The first-order valence-electron chi connectivity index (χ1n) is 10.6. The van der Waals surface area contributed by atoms with Crippen LogP contribution in [0, 0.1) is 0 Å². The van der Waals surface area contributed by atoms with E-state index < -0.39 is 6.16 Å². The van der Waals surface area contributed by atoms with E-state index in [0.29, 0.717) is 34.5 Å². The summed E-state index contributed by atoms with van der Waals surface area (Å²) >= 11 is 6.19. The fraction of sp³-hybridized carbons (Fsp3) is 0.391. The second-order valence-electron chi connectivity index (χ2n) is 7.60. The highest BCUT2D eigenvalue weighted by molar-refractivity contribution is 6.32. The molecule has 1 aliphatic heterocycles. The summed E-state index contributed by atoms with van der Waals surface area (Å²) in [6.45, 7) is 5.32. The lowest BCUT2D eigenvalue weighted by atomic mass is 10.0. The maximum atomic E-state index is 11.3. The molecule has 0 amide bonds. The molecular formula is C23H26ClN3O5. The molecule has 0 bridgehead atoms. The molecule has 3 aromatic rings. The molecule has 0 radical (unpaired) electrons. The van der Waals surface area contributed by atoms with Crippen LogP contribution in [0.2, 0.25) is 5.02 Å². The third-order valence-electron chi connectivity index (χ3n) is 5.34. The van der Waals surface area contributed by atoms with Crippen LogP contribution in [-0.4, -0.2) is 48.9 Å². The summed E-state index contributed by atoms with van der Waals surface area (Å²) < 4.78 is 20.9.